The second-order valence-corrected chi connectivity index (χ2v) is 10.2. The van der Waals surface area contributed by atoms with E-state index in [2.05, 4.69) is 19.2 Å². The number of rotatable bonds is 9. The van der Waals surface area contributed by atoms with Crippen molar-refractivity contribution in [2.45, 2.75) is 37.6 Å². The fourth-order valence-electron chi connectivity index (χ4n) is 3.71. The Balaban J connectivity index is 1.57. The molecule has 0 aliphatic carbocycles. The van der Waals surface area contributed by atoms with Gasteiger partial charge in [0.25, 0.3) is 0 Å². The number of amides is 1. The summed E-state index contributed by atoms with van der Waals surface area (Å²) in [7, 11) is -1.88. The zero-order valence-corrected chi connectivity index (χ0v) is 19.7. The smallest absolute Gasteiger partial charge is 0.243 e. The van der Waals surface area contributed by atoms with Crippen molar-refractivity contribution in [3.63, 3.8) is 0 Å². The van der Waals surface area contributed by atoms with Crippen LogP contribution in [0.25, 0.3) is 0 Å². The number of carbonyl (C=O) groups is 1. The van der Waals surface area contributed by atoms with Crippen molar-refractivity contribution in [1.29, 1.82) is 0 Å². The van der Waals surface area contributed by atoms with E-state index in [0.29, 0.717) is 39.1 Å². The summed E-state index contributed by atoms with van der Waals surface area (Å²) in [5.41, 5.74) is 1.96. The van der Waals surface area contributed by atoms with Crippen molar-refractivity contribution in [3.05, 3.63) is 59.7 Å². The van der Waals surface area contributed by atoms with Crippen molar-refractivity contribution < 1.29 is 22.7 Å². The molecule has 1 saturated heterocycles. The molecule has 2 aromatic rings. The predicted octanol–water partition coefficient (Wildman–Crippen LogP) is 3.16. The van der Waals surface area contributed by atoms with Crippen molar-refractivity contribution in [2.75, 3.05) is 33.4 Å². The molecule has 1 aliphatic heterocycles. The number of carbonyl (C=O) groups excluding carboxylic acids is 1. The second-order valence-electron chi connectivity index (χ2n) is 8.22. The number of sulfonamides is 1. The van der Waals surface area contributed by atoms with Crippen LogP contribution in [0.3, 0.4) is 0 Å². The molecule has 1 amide bonds. The van der Waals surface area contributed by atoms with Crippen LogP contribution in [0.4, 0.5) is 0 Å². The van der Waals surface area contributed by atoms with Gasteiger partial charge in [-0.1, -0.05) is 38.1 Å². The maximum Gasteiger partial charge on any atom is 0.243 e. The Labute approximate surface area is 190 Å². The normalized spacial score (nSPS) is 16.0. The lowest BCUT2D eigenvalue weighted by molar-refractivity contribution is -0.122. The molecule has 1 atom stereocenters. The quantitative estimate of drug-likeness (QED) is 0.621. The molecule has 7 nitrogen and oxygen atoms in total. The van der Waals surface area contributed by atoms with Gasteiger partial charge in [-0.2, -0.15) is 4.31 Å². The van der Waals surface area contributed by atoms with Gasteiger partial charge in [-0.05, 0) is 47.7 Å². The average Bonchev–Trinajstić information content (AvgIpc) is 2.82. The molecule has 1 fully saturated rings. The molecule has 0 saturated carbocycles. The Morgan fingerprint density at radius 2 is 1.69 bits per heavy atom. The van der Waals surface area contributed by atoms with Gasteiger partial charge in [0.05, 0.1) is 31.3 Å². The first kappa shape index (κ1) is 24.2. The predicted molar refractivity (Wildman–Crippen MR) is 123 cm³/mol. The minimum Gasteiger partial charge on any atom is -0.497 e. The maximum atomic E-state index is 12.7. The molecule has 32 heavy (non-hydrogen) atoms. The highest BCUT2D eigenvalue weighted by Crippen LogP contribution is 2.24. The summed E-state index contributed by atoms with van der Waals surface area (Å²) in [4.78, 5) is 12.9. The lowest BCUT2D eigenvalue weighted by atomic mass is 9.95. The first-order valence-electron chi connectivity index (χ1n) is 10.9. The Bertz CT molecular complexity index is 982. The summed E-state index contributed by atoms with van der Waals surface area (Å²) in [6, 6.07) is 14.4. The molecular formula is C24H32N2O5S. The van der Waals surface area contributed by atoms with E-state index in [1.807, 2.05) is 24.3 Å². The molecule has 0 radical (unpaired) electrons. The first-order valence-corrected chi connectivity index (χ1v) is 12.4. The molecule has 1 aliphatic rings. The van der Waals surface area contributed by atoms with Crippen LogP contribution >= 0.6 is 0 Å². The van der Waals surface area contributed by atoms with Crippen LogP contribution in [0.15, 0.2) is 53.4 Å². The third-order valence-electron chi connectivity index (χ3n) is 5.63. The number of morpholine rings is 1. The third-order valence-corrected chi connectivity index (χ3v) is 7.54. The van der Waals surface area contributed by atoms with Gasteiger partial charge >= 0.3 is 0 Å². The van der Waals surface area contributed by atoms with Crippen LogP contribution in [0.5, 0.6) is 5.75 Å². The van der Waals surface area contributed by atoms with Crippen molar-refractivity contribution in [2.24, 2.45) is 5.92 Å². The molecule has 1 N–H and O–H groups in total. The van der Waals surface area contributed by atoms with E-state index in [-0.39, 0.29) is 22.8 Å². The van der Waals surface area contributed by atoms with E-state index in [4.69, 9.17) is 9.47 Å². The lowest BCUT2D eigenvalue weighted by Gasteiger charge is -2.26. The van der Waals surface area contributed by atoms with Gasteiger partial charge < -0.3 is 14.8 Å². The van der Waals surface area contributed by atoms with Gasteiger partial charge in [0.2, 0.25) is 15.9 Å². The van der Waals surface area contributed by atoms with Crippen molar-refractivity contribution in [3.8, 4) is 5.75 Å². The Hall–Kier alpha value is -2.42. The molecular weight excluding hydrogens is 428 g/mol. The number of benzene rings is 2. The van der Waals surface area contributed by atoms with E-state index in [0.717, 1.165) is 16.9 Å². The van der Waals surface area contributed by atoms with Crippen LogP contribution in [-0.2, 0) is 26.0 Å². The van der Waals surface area contributed by atoms with Gasteiger partial charge in [0.1, 0.15) is 5.75 Å². The highest BCUT2D eigenvalue weighted by atomic mass is 32.2. The van der Waals surface area contributed by atoms with E-state index in [1.54, 1.807) is 31.4 Å². The molecule has 3 rings (SSSR count). The minimum absolute atomic E-state index is 0.0375. The Morgan fingerprint density at radius 3 is 2.25 bits per heavy atom. The van der Waals surface area contributed by atoms with Gasteiger partial charge in [0, 0.05) is 19.5 Å². The second kappa shape index (κ2) is 10.9. The van der Waals surface area contributed by atoms with Crippen LogP contribution in [0.1, 0.15) is 37.4 Å². The summed E-state index contributed by atoms with van der Waals surface area (Å²) >= 11 is 0. The maximum absolute atomic E-state index is 12.7. The highest BCUT2D eigenvalue weighted by Gasteiger charge is 2.26. The zero-order chi connectivity index (χ0) is 23.1. The van der Waals surface area contributed by atoms with Crippen molar-refractivity contribution in [1.82, 2.24) is 9.62 Å². The summed E-state index contributed by atoms with van der Waals surface area (Å²) in [5, 5.41) is 3.12. The van der Waals surface area contributed by atoms with E-state index in [1.165, 1.54) is 4.31 Å². The minimum atomic E-state index is -3.51. The number of methoxy groups -OCH3 is 1. The van der Waals surface area contributed by atoms with Crippen LogP contribution in [-0.4, -0.2) is 52.0 Å². The van der Waals surface area contributed by atoms with Gasteiger partial charge in [-0.25, -0.2) is 8.42 Å². The molecule has 174 valence electrons. The Kier molecular flexibility index (Phi) is 8.28. The molecule has 1 unspecified atom stereocenters. The monoisotopic (exact) mass is 460 g/mol. The first-order chi connectivity index (χ1) is 15.3. The topological polar surface area (TPSA) is 84.9 Å². The number of aryl methyl sites for hydroxylation is 1. The average molecular weight is 461 g/mol. The summed E-state index contributed by atoms with van der Waals surface area (Å²) in [6.07, 6.45) is 0.867. The number of hydrogen-bond acceptors (Lipinski definition) is 5. The lowest BCUT2D eigenvalue weighted by Crippen LogP contribution is -2.40. The molecule has 0 spiro atoms. The van der Waals surface area contributed by atoms with Gasteiger partial charge in [0.15, 0.2) is 0 Å². The summed E-state index contributed by atoms with van der Waals surface area (Å²) in [5.74, 6) is 0.975. The van der Waals surface area contributed by atoms with Gasteiger partial charge in [-0.15, -0.1) is 0 Å². The largest absolute Gasteiger partial charge is 0.497 e. The highest BCUT2D eigenvalue weighted by molar-refractivity contribution is 7.89. The summed E-state index contributed by atoms with van der Waals surface area (Å²) < 4.78 is 37.3. The van der Waals surface area contributed by atoms with Crippen LogP contribution in [0.2, 0.25) is 0 Å². The fraction of sp³-hybridized carbons (Fsp3) is 0.458. The van der Waals surface area contributed by atoms with E-state index in [9.17, 15) is 13.2 Å². The van der Waals surface area contributed by atoms with E-state index < -0.39 is 10.0 Å². The summed E-state index contributed by atoms with van der Waals surface area (Å²) in [6.45, 7) is 5.72. The third kappa shape index (κ3) is 6.09. The zero-order valence-electron chi connectivity index (χ0n) is 18.9. The molecule has 2 aromatic carbocycles. The molecule has 0 bridgehead atoms. The molecule has 1 heterocycles. The number of hydrogen-bond donors (Lipinski definition) is 1. The van der Waals surface area contributed by atoms with Gasteiger partial charge in [-0.3, -0.25) is 4.79 Å². The standard InChI is InChI=1S/C24H32N2O5S/c1-18(2)24(20-7-9-21(30-3)10-8-20)25-23(27)13-6-19-4-11-22(12-5-19)32(28,29)26-14-16-31-17-15-26/h4-5,7-12,18,24H,6,13-17H2,1-3H3,(H,25,27). The Morgan fingerprint density at radius 1 is 1.06 bits per heavy atom. The van der Waals surface area contributed by atoms with E-state index >= 15 is 0 Å². The number of ether oxygens (including phenoxy) is 2. The SMILES string of the molecule is COc1ccc(C(NC(=O)CCc2ccc(S(=O)(=O)N3CCOCC3)cc2)C(C)C)cc1. The fourth-order valence-corrected chi connectivity index (χ4v) is 5.12. The van der Waals surface area contributed by atoms with Crippen LogP contribution < -0.4 is 10.1 Å². The molecule has 8 heteroatoms. The van der Waals surface area contributed by atoms with Crippen molar-refractivity contribution >= 4 is 15.9 Å². The number of nitrogens with zero attached hydrogens (tertiary/aromatic N) is 1. The van der Waals surface area contributed by atoms with Crippen LogP contribution in [0, 0.1) is 5.92 Å². The molecule has 0 aromatic heterocycles. The number of nitrogens with one attached hydrogen (secondary N) is 1.